The van der Waals surface area contributed by atoms with Crippen molar-refractivity contribution in [2.75, 3.05) is 19.6 Å². The molecule has 0 saturated carbocycles. The topological polar surface area (TPSA) is 76.0 Å². The molecule has 0 aliphatic heterocycles. The van der Waals surface area contributed by atoms with Gasteiger partial charge in [0.05, 0.1) is 11.2 Å². The number of rotatable bonds is 7. The van der Waals surface area contributed by atoms with Crippen molar-refractivity contribution in [1.29, 1.82) is 0 Å². The van der Waals surface area contributed by atoms with E-state index >= 15 is 0 Å². The molecule has 0 amide bonds. The SMILES string of the molecule is CCNCCCNS(=O)(=O)c1c(Cl)cnn1C. The van der Waals surface area contributed by atoms with Crippen LogP contribution >= 0.6 is 11.6 Å². The van der Waals surface area contributed by atoms with E-state index in [4.69, 9.17) is 11.6 Å². The number of aromatic nitrogens is 2. The van der Waals surface area contributed by atoms with Gasteiger partial charge in [-0.15, -0.1) is 0 Å². The number of sulfonamides is 1. The predicted molar refractivity (Wildman–Crippen MR) is 66.6 cm³/mol. The largest absolute Gasteiger partial charge is 0.317 e. The van der Waals surface area contributed by atoms with Crippen LogP contribution in [0, 0.1) is 0 Å². The Bertz CT molecular complexity index is 438. The van der Waals surface area contributed by atoms with Crippen LogP contribution in [0.4, 0.5) is 0 Å². The summed E-state index contributed by atoms with van der Waals surface area (Å²) < 4.78 is 27.5. The molecule has 1 heterocycles. The summed E-state index contributed by atoms with van der Waals surface area (Å²) >= 11 is 5.78. The first-order valence-electron chi connectivity index (χ1n) is 5.37. The lowest BCUT2D eigenvalue weighted by molar-refractivity contribution is 0.558. The summed E-state index contributed by atoms with van der Waals surface area (Å²) in [6.45, 7) is 4.02. The van der Waals surface area contributed by atoms with Crippen LogP contribution in [0.25, 0.3) is 0 Å². The standard InChI is InChI=1S/C9H17ClN4O2S/c1-3-11-5-4-6-13-17(15,16)9-8(10)7-12-14(9)2/h7,11,13H,3-6H2,1-2H3. The van der Waals surface area contributed by atoms with Gasteiger partial charge in [0.1, 0.15) is 0 Å². The first-order chi connectivity index (χ1) is 7.99. The molecule has 0 saturated heterocycles. The Kier molecular flexibility index (Phi) is 5.38. The van der Waals surface area contributed by atoms with Crippen LogP contribution in [-0.4, -0.2) is 37.8 Å². The van der Waals surface area contributed by atoms with Crippen molar-refractivity contribution in [1.82, 2.24) is 19.8 Å². The zero-order valence-corrected chi connectivity index (χ0v) is 11.5. The quantitative estimate of drug-likeness (QED) is 0.707. The summed E-state index contributed by atoms with van der Waals surface area (Å²) in [6.07, 6.45) is 2.04. The van der Waals surface area contributed by atoms with Crippen molar-refractivity contribution in [3.05, 3.63) is 11.2 Å². The molecule has 0 spiro atoms. The normalized spacial score (nSPS) is 11.9. The minimum atomic E-state index is -3.57. The summed E-state index contributed by atoms with van der Waals surface area (Å²) in [7, 11) is -2.03. The van der Waals surface area contributed by atoms with Crippen molar-refractivity contribution in [3.8, 4) is 0 Å². The molecule has 0 aliphatic rings. The molecule has 0 aliphatic carbocycles. The Hall–Kier alpha value is -0.630. The molecular formula is C9H17ClN4O2S. The number of hydrogen-bond donors (Lipinski definition) is 2. The molecule has 2 N–H and O–H groups in total. The van der Waals surface area contributed by atoms with Crippen molar-refractivity contribution < 1.29 is 8.42 Å². The number of nitrogens with one attached hydrogen (secondary N) is 2. The molecule has 0 unspecified atom stereocenters. The number of aryl methyl sites for hydroxylation is 1. The van der Waals surface area contributed by atoms with Gasteiger partial charge in [-0.05, 0) is 19.5 Å². The molecule has 1 aromatic heterocycles. The Labute approximate surface area is 106 Å². The maximum Gasteiger partial charge on any atom is 0.259 e. The van der Waals surface area contributed by atoms with Crippen LogP contribution < -0.4 is 10.0 Å². The Morgan fingerprint density at radius 2 is 2.18 bits per heavy atom. The summed E-state index contributed by atoms with van der Waals surface area (Å²) in [5.74, 6) is 0. The van der Waals surface area contributed by atoms with Gasteiger partial charge in [0.2, 0.25) is 0 Å². The maximum absolute atomic E-state index is 11.9. The van der Waals surface area contributed by atoms with E-state index in [9.17, 15) is 8.42 Å². The summed E-state index contributed by atoms with van der Waals surface area (Å²) in [5.41, 5.74) is 0. The number of halogens is 1. The van der Waals surface area contributed by atoms with Crippen LogP contribution in [-0.2, 0) is 17.1 Å². The predicted octanol–water partition coefficient (Wildman–Crippen LogP) is 0.351. The van der Waals surface area contributed by atoms with Crippen molar-refractivity contribution >= 4 is 21.6 Å². The second-order valence-electron chi connectivity index (χ2n) is 3.53. The molecule has 1 aromatic rings. The molecule has 1 rings (SSSR count). The minimum absolute atomic E-state index is 0.00242. The van der Waals surface area contributed by atoms with Crippen molar-refractivity contribution in [2.24, 2.45) is 7.05 Å². The Balaban J connectivity index is 2.58. The highest BCUT2D eigenvalue weighted by molar-refractivity contribution is 7.89. The van der Waals surface area contributed by atoms with E-state index in [0.29, 0.717) is 6.54 Å². The van der Waals surface area contributed by atoms with E-state index in [1.165, 1.54) is 10.9 Å². The van der Waals surface area contributed by atoms with Gasteiger partial charge in [0.25, 0.3) is 10.0 Å². The van der Waals surface area contributed by atoms with Crippen LogP contribution in [0.5, 0.6) is 0 Å². The van der Waals surface area contributed by atoms with Gasteiger partial charge < -0.3 is 5.32 Å². The van der Waals surface area contributed by atoms with Gasteiger partial charge in [0.15, 0.2) is 5.03 Å². The van der Waals surface area contributed by atoms with E-state index < -0.39 is 10.0 Å². The molecule has 0 radical (unpaired) electrons. The third-order valence-electron chi connectivity index (χ3n) is 2.17. The molecule has 8 heteroatoms. The average molecular weight is 281 g/mol. The van der Waals surface area contributed by atoms with Crippen molar-refractivity contribution in [3.63, 3.8) is 0 Å². The molecule has 98 valence electrons. The third-order valence-corrected chi connectivity index (χ3v) is 4.14. The first kappa shape index (κ1) is 14.4. The average Bonchev–Trinajstić information content (AvgIpc) is 2.58. The highest BCUT2D eigenvalue weighted by Crippen LogP contribution is 2.19. The molecule has 0 fully saturated rings. The molecule has 0 atom stereocenters. The lowest BCUT2D eigenvalue weighted by Crippen LogP contribution is -2.29. The van der Waals surface area contributed by atoms with Crippen LogP contribution in [0.2, 0.25) is 5.02 Å². The lowest BCUT2D eigenvalue weighted by atomic mass is 10.4. The fourth-order valence-corrected chi connectivity index (χ4v) is 3.09. The van der Waals surface area contributed by atoms with Crippen LogP contribution in [0.15, 0.2) is 11.2 Å². The molecule has 0 bridgehead atoms. The van der Waals surface area contributed by atoms with Gasteiger partial charge in [-0.2, -0.15) is 5.10 Å². The fraction of sp³-hybridized carbons (Fsp3) is 0.667. The lowest BCUT2D eigenvalue weighted by Gasteiger charge is -2.07. The van der Waals surface area contributed by atoms with Crippen LogP contribution in [0.1, 0.15) is 13.3 Å². The fourth-order valence-electron chi connectivity index (χ4n) is 1.37. The molecule has 6 nitrogen and oxygen atoms in total. The van der Waals surface area contributed by atoms with E-state index in [-0.39, 0.29) is 10.0 Å². The van der Waals surface area contributed by atoms with E-state index in [1.54, 1.807) is 7.05 Å². The van der Waals surface area contributed by atoms with Gasteiger partial charge in [-0.25, -0.2) is 13.1 Å². The van der Waals surface area contributed by atoms with Crippen molar-refractivity contribution in [2.45, 2.75) is 18.4 Å². The second kappa shape index (κ2) is 6.34. The summed E-state index contributed by atoms with van der Waals surface area (Å²) in [4.78, 5) is 0. The maximum atomic E-state index is 11.9. The summed E-state index contributed by atoms with van der Waals surface area (Å²) in [6, 6.07) is 0. The van der Waals surface area contributed by atoms with Gasteiger partial charge in [-0.1, -0.05) is 18.5 Å². The van der Waals surface area contributed by atoms with Crippen LogP contribution in [0.3, 0.4) is 0 Å². The monoisotopic (exact) mass is 280 g/mol. The Morgan fingerprint density at radius 1 is 1.47 bits per heavy atom. The Morgan fingerprint density at radius 3 is 2.71 bits per heavy atom. The second-order valence-corrected chi connectivity index (χ2v) is 5.62. The van der Waals surface area contributed by atoms with Gasteiger partial charge >= 0.3 is 0 Å². The summed E-state index contributed by atoms with van der Waals surface area (Å²) in [5, 5.41) is 7.04. The number of nitrogens with zero attached hydrogens (tertiary/aromatic N) is 2. The number of hydrogen-bond acceptors (Lipinski definition) is 4. The smallest absolute Gasteiger partial charge is 0.259 e. The van der Waals surface area contributed by atoms with E-state index in [2.05, 4.69) is 15.1 Å². The highest BCUT2D eigenvalue weighted by atomic mass is 35.5. The third kappa shape index (κ3) is 3.95. The van der Waals surface area contributed by atoms with Gasteiger partial charge in [-0.3, -0.25) is 4.68 Å². The highest BCUT2D eigenvalue weighted by Gasteiger charge is 2.21. The molecule has 17 heavy (non-hydrogen) atoms. The zero-order chi connectivity index (χ0) is 12.9. The molecular weight excluding hydrogens is 264 g/mol. The zero-order valence-electron chi connectivity index (χ0n) is 9.90. The molecule has 0 aromatic carbocycles. The first-order valence-corrected chi connectivity index (χ1v) is 7.23. The van der Waals surface area contributed by atoms with E-state index in [1.807, 2.05) is 6.92 Å². The van der Waals surface area contributed by atoms with E-state index in [0.717, 1.165) is 19.5 Å². The van der Waals surface area contributed by atoms with Gasteiger partial charge in [0, 0.05) is 13.6 Å². The minimum Gasteiger partial charge on any atom is -0.317 e.